The number of anilines is 1. The van der Waals surface area contributed by atoms with Crippen LogP contribution < -0.4 is 15.4 Å². The molecule has 0 radical (unpaired) electrons. The number of carbonyl (C=O) groups excluding carboxylic acids is 2. The van der Waals surface area contributed by atoms with Crippen molar-refractivity contribution >= 4 is 50.7 Å². The van der Waals surface area contributed by atoms with Gasteiger partial charge in [-0.25, -0.2) is 9.37 Å². The Bertz CT molecular complexity index is 1180. The zero-order valence-electron chi connectivity index (χ0n) is 17.9. The molecule has 2 amide bonds. The van der Waals surface area contributed by atoms with Gasteiger partial charge in [0.1, 0.15) is 22.3 Å². The van der Waals surface area contributed by atoms with Gasteiger partial charge >= 0.3 is 0 Å². The van der Waals surface area contributed by atoms with Gasteiger partial charge in [-0.1, -0.05) is 11.6 Å². The molecule has 31 heavy (non-hydrogen) atoms. The van der Waals surface area contributed by atoms with Crippen LogP contribution in [0.25, 0.3) is 10.1 Å². The predicted molar refractivity (Wildman–Crippen MR) is 122 cm³/mol. The number of carbonyl (C=O) groups is 2. The van der Waals surface area contributed by atoms with E-state index < -0.39 is 5.91 Å². The number of hydrogen-bond donors (Lipinski definition) is 2. The van der Waals surface area contributed by atoms with Gasteiger partial charge in [0.15, 0.2) is 6.61 Å². The second-order valence-corrected chi connectivity index (χ2v) is 8.91. The summed E-state index contributed by atoms with van der Waals surface area (Å²) < 4.78 is 19.8. The van der Waals surface area contributed by atoms with Crippen LogP contribution >= 0.6 is 22.9 Å². The molecular weight excluding hydrogens is 441 g/mol. The SMILES string of the molecule is Cc1nc(NC(=O)c2sc3cc(F)ccc3c2Cl)c(C)c(C)c1OCC(=O)NC(C)C. The number of hydrogen-bond acceptors (Lipinski definition) is 5. The normalized spacial score (nSPS) is 11.1. The van der Waals surface area contributed by atoms with Crippen molar-refractivity contribution in [2.24, 2.45) is 0 Å². The Labute approximate surface area is 188 Å². The molecule has 3 rings (SSSR count). The molecule has 0 saturated heterocycles. The van der Waals surface area contributed by atoms with Crippen LogP contribution in [-0.2, 0) is 4.79 Å². The zero-order chi connectivity index (χ0) is 22.9. The fraction of sp³-hybridized carbons (Fsp3) is 0.318. The Kier molecular flexibility index (Phi) is 6.81. The number of halogens is 2. The Morgan fingerprint density at radius 3 is 2.61 bits per heavy atom. The van der Waals surface area contributed by atoms with Crippen molar-refractivity contribution in [3.8, 4) is 5.75 Å². The highest BCUT2D eigenvalue weighted by Gasteiger charge is 2.21. The van der Waals surface area contributed by atoms with Crippen LogP contribution in [0.1, 0.15) is 40.3 Å². The summed E-state index contributed by atoms with van der Waals surface area (Å²) in [5, 5.41) is 6.46. The molecule has 0 aliphatic heterocycles. The highest BCUT2D eigenvalue weighted by molar-refractivity contribution is 7.21. The molecule has 0 fully saturated rings. The number of fused-ring (bicyclic) bond motifs is 1. The third kappa shape index (κ3) is 4.97. The number of ether oxygens (including phenoxy) is 1. The maximum atomic E-state index is 13.5. The molecule has 0 bridgehead atoms. The number of pyridine rings is 1. The maximum Gasteiger partial charge on any atom is 0.268 e. The van der Waals surface area contributed by atoms with E-state index in [-0.39, 0.29) is 34.3 Å². The van der Waals surface area contributed by atoms with Gasteiger partial charge in [-0.3, -0.25) is 9.59 Å². The van der Waals surface area contributed by atoms with E-state index in [4.69, 9.17) is 16.3 Å². The van der Waals surface area contributed by atoms with Crippen LogP contribution in [0.4, 0.5) is 10.2 Å². The molecule has 0 spiro atoms. The fourth-order valence-corrected chi connectivity index (χ4v) is 4.54. The largest absolute Gasteiger partial charge is 0.482 e. The summed E-state index contributed by atoms with van der Waals surface area (Å²) in [5.74, 6) is -0.159. The van der Waals surface area contributed by atoms with Crippen molar-refractivity contribution in [1.29, 1.82) is 0 Å². The number of aryl methyl sites for hydroxylation is 1. The van der Waals surface area contributed by atoms with Crippen LogP contribution in [0.15, 0.2) is 18.2 Å². The number of aromatic nitrogens is 1. The number of rotatable bonds is 6. The van der Waals surface area contributed by atoms with Crippen molar-refractivity contribution in [3.63, 3.8) is 0 Å². The standard InChI is InChI=1S/C22H23ClFN3O3S/c1-10(2)25-17(28)9-30-19-11(3)12(4)21(26-13(19)5)27-22(29)20-18(23)15-7-6-14(24)8-16(15)31-20/h6-8,10H,9H2,1-5H3,(H,25,28)(H,26,27,29). The molecule has 6 nitrogen and oxygen atoms in total. The number of nitrogens with zero attached hydrogens (tertiary/aromatic N) is 1. The van der Waals surface area contributed by atoms with E-state index >= 15 is 0 Å². The van der Waals surface area contributed by atoms with Gasteiger partial charge in [-0.2, -0.15) is 0 Å². The van der Waals surface area contributed by atoms with Gasteiger partial charge in [-0.15, -0.1) is 11.3 Å². The number of thiophene rings is 1. The number of nitrogens with one attached hydrogen (secondary N) is 2. The van der Waals surface area contributed by atoms with Crippen LogP contribution in [-0.4, -0.2) is 29.4 Å². The van der Waals surface area contributed by atoms with E-state index in [1.165, 1.54) is 12.1 Å². The third-order valence-electron chi connectivity index (χ3n) is 4.69. The van der Waals surface area contributed by atoms with Crippen LogP contribution in [0.5, 0.6) is 5.75 Å². The van der Waals surface area contributed by atoms with Crippen molar-refractivity contribution in [2.45, 2.75) is 40.7 Å². The first-order valence-corrected chi connectivity index (χ1v) is 10.9. The lowest BCUT2D eigenvalue weighted by molar-refractivity contribution is -0.123. The van der Waals surface area contributed by atoms with Crippen molar-refractivity contribution in [2.75, 3.05) is 11.9 Å². The van der Waals surface area contributed by atoms with Crippen LogP contribution in [0.2, 0.25) is 5.02 Å². The molecule has 0 atom stereocenters. The van der Waals surface area contributed by atoms with Crippen molar-refractivity contribution < 1.29 is 18.7 Å². The van der Waals surface area contributed by atoms with Crippen LogP contribution in [0, 0.1) is 26.6 Å². The first-order valence-electron chi connectivity index (χ1n) is 9.67. The molecule has 3 aromatic rings. The van der Waals surface area contributed by atoms with Gasteiger partial charge in [0.05, 0.1) is 10.7 Å². The monoisotopic (exact) mass is 463 g/mol. The zero-order valence-corrected chi connectivity index (χ0v) is 19.4. The predicted octanol–water partition coefficient (Wildman–Crippen LogP) is 5.17. The quantitative estimate of drug-likeness (QED) is 0.528. The average Bonchev–Trinajstić information content (AvgIpc) is 3.01. The molecule has 2 N–H and O–H groups in total. The molecule has 164 valence electrons. The fourth-order valence-electron chi connectivity index (χ4n) is 3.11. The summed E-state index contributed by atoms with van der Waals surface area (Å²) in [5.41, 5.74) is 2.02. The summed E-state index contributed by atoms with van der Waals surface area (Å²) in [6, 6.07) is 4.23. The summed E-state index contributed by atoms with van der Waals surface area (Å²) >= 11 is 7.47. The van der Waals surface area contributed by atoms with E-state index in [0.717, 1.165) is 16.9 Å². The maximum absolute atomic E-state index is 13.5. The molecule has 0 unspecified atom stereocenters. The topological polar surface area (TPSA) is 80.3 Å². The Morgan fingerprint density at radius 1 is 1.23 bits per heavy atom. The molecule has 2 aromatic heterocycles. The van der Waals surface area contributed by atoms with E-state index in [1.807, 2.05) is 20.8 Å². The minimum absolute atomic E-state index is 0.0213. The lowest BCUT2D eigenvalue weighted by atomic mass is 10.1. The second kappa shape index (κ2) is 9.20. The Balaban J connectivity index is 1.83. The van der Waals surface area contributed by atoms with Crippen molar-refractivity contribution in [1.82, 2.24) is 10.3 Å². The molecule has 1 aromatic carbocycles. The average molecular weight is 464 g/mol. The Hall–Kier alpha value is -2.71. The molecular formula is C22H23ClFN3O3S. The molecule has 0 aliphatic rings. The first-order chi connectivity index (χ1) is 14.6. The van der Waals surface area contributed by atoms with Gasteiger partial charge in [0.25, 0.3) is 11.8 Å². The lowest BCUT2D eigenvalue weighted by Gasteiger charge is -2.17. The molecule has 2 heterocycles. The summed E-state index contributed by atoms with van der Waals surface area (Å²) in [6.07, 6.45) is 0. The number of benzene rings is 1. The van der Waals surface area contributed by atoms with E-state index in [1.54, 1.807) is 19.9 Å². The number of amides is 2. The minimum Gasteiger partial charge on any atom is -0.482 e. The summed E-state index contributed by atoms with van der Waals surface area (Å²) in [4.78, 5) is 29.5. The minimum atomic E-state index is -0.425. The van der Waals surface area contributed by atoms with E-state index in [0.29, 0.717) is 32.9 Å². The van der Waals surface area contributed by atoms with Gasteiger partial charge in [-0.05, 0) is 63.9 Å². The third-order valence-corrected chi connectivity index (χ3v) is 6.35. The molecule has 0 aliphatic carbocycles. The van der Waals surface area contributed by atoms with Crippen LogP contribution in [0.3, 0.4) is 0 Å². The van der Waals surface area contributed by atoms with Crippen molar-refractivity contribution in [3.05, 3.63) is 50.7 Å². The highest BCUT2D eigenvalue weighted by Crippen LogP contribution is 2.36. The van der Waals surface area contributed by atoms with Gasteiger partial charge < -0.3 is 15.4 Å². The first kappa shape index (κ1) is 23.0. The van der Waals surface area contributed by atoms with Gasteiger partial charge in [0.2, 0.25) is 0 Å². The Morgan fingerprint density at radius 2 is 1.94 bits per heavy atom. The molecule has 9 heteroatoms. The summed E-state index contributed by atoms with van der Waals surface area (Å²) in [7, 11) is 0. The smallest absolute Gasteiger partial charge is 0.268 e. The lowest BCUT2D eigenvalue weighted by Crippen LogP contribution is -2.34. The van der Waals surface area contributed by atoms with Gasteiger partial charge in [0, 0.05) is 16.1 Å². The van der Waals surface area contributed by atoms with E-state index in [9.17, 15) is 14.0 Å². The highest BCUT2D eigenvalue weighted by atomic mass is 35.5. The molecule has 0 saturated carbocycles. The van der Waals surface area contributed by atoms with E-state index in [2.05, 4.69) is 15.6 Å². The second-order valence-electron chi connectivity index (χ2n) is 7.48. The summed E-state index contributed by atoms with van der Waals surface area (Å²) in [6.45, 7) is 9.01.